The summed E-state index contributed by atoms with van der Waals surface area (Å²) in [5.41, 5.74) is -0.368. The van der Waals surface area contributed by atoms with Crippen molar-refractivity contribution in [3.05, 3.63) is 35.9 Å². The van der Waals surface area contributed by atoms with Gasteiger partial charge in [-0.05, 0) is 24.8 Å². The highest BCUT2D eigenvalue weighted by Crippen LogP contribution is 2.55. The number of hydrogen-bond acceptors (Lipinski definition) is 9. The topological polar surface area (TPSA) is 132 Å². The van der Waals surface area contributed by atoms with Gasteiger partial charge in [-0.3, -0.25) is 14.9 Å². The number of benzene rings is 1. The van der Waals surface area contributed by atoms with Gasteiger partial charge in [0.1, 0.15) is 30.8 Å². The second kappa shape index (κ2) is 10.6. The molecule has 206 valence electrons. The van der Waals surface area contributed by atoms with Crippen LogP contribution in [0, 0.1) is 5.92 Å². The molecule has 0 aliphatic carbocycles. The van der Waals surface area contributed by atoms with Crippen molar-refractivity contribution in [1.82, 2.24) is 15.5 Å². The van der Waals surface area contributed by atoms with Gasteiger partial charge in [0.15, 0.2) is 5.60 Å². The highest BCUT2D eigenvalue weighted by atomic mass is 127. The number of hydrogen-bond donors (Lipinski definition) is 2. The molecule has 2 bridgehead atoms. The molecular weight excluding hydrogens is 609 g/mol. The maximum Gasteiger partial charge on any atom is 0.417 e. The summed E-state index contributed by atoms with van der Waals surface area (Å²) in [4.78, 5) is 54.1. The summed E-state index contributed by atoms with van der Waals surface area (Å²) in [6.45, 7) is 5.67. The van der Waals surface area contributed by atoms with Gasteiger partial charge in [0.05, 0.1) is 22.7 Å². The van der Waals surface area contributed by atoms with Gasteiger partial charge in [-0.25, -0.2) is 14.5 Å². The molecule has 4 aliphatic heterocycles. The molecule has 11 nitrogen and oxygen atoms in total. The van der Waals surface area contributed by atoms with Gasteiger partial charge in [0, 0.05) is 6.42 Å². The molecule has 0 saturated carbocycles. The first kappa shape index (κ1) is 27.1. The van der Waals surface area contributed by atoms with Crippen molar-refractivity contribution >= 4 is 46.7 Å². The Balaban J connectivity index is 1.40. The largest absolute Gasteiger partial charge is 0.465 e. The van der Waals surface area contributed by atoms with Crippen LogP contribution in [-0.2, 0) is 35.1 Å². The lowest BCUT2D eigenvalue weighted by Crippen LogP contribution is -2.76. The Morgan fingerprint density at radius 3 is 2.63 bits per heavy atom. The molecule has 0 aromatic heterocycles. The molecule has 3 amide bonds. The fraction of sp³-hybridized carbons (Fsp3) is 0.615. The first-order valence-corrected chi connectivity index (χ1v) is 14.2. The number of fused-ring (bicyclic) bond motifs is 1. The van der Waals surface area contributed by atoms with Crippen molar-refractivity contribution < 1.29 is 38.1 Å². The highest BCUT2D eigenvalue weighted by Gasteiger charge is 2.76. The molecule has 4 aliphatic rings. The molecule has 12 heteroatoms. The van der Waals surface area contributed by atoms with Crippen molar-refractivity contribution in [2.75, 3.05) is 6.61 Å². The summed E-state index contributed by atoms with van der Waals surface area (Å²) in [6, 6.07) is 5.89. The van der Waals surface area contributed by atoms with E-state index in [0.29, 0.717) is 6.42 Å². The van der Waals surface area contributed by atoms with Crippen molar-refractivity contribution in [3.63, 3.8) is 0 Å². The number of rotatable bonds is 8. The Kier molecular flexibility index (Phi) is 7.57. The molecule has 4 fully saturated rings. The zero-order valence-corrected chi connectivity index (χ0v) is 23.6. The van der Waals surface area contributed by atoms with Gasteiger partial charge >= 0.3 is 18.2 Å². The Morgan fingerprint density at radius 1 is 1.24 bits per heavy atom. The number of nitrogens with zero attached hydrogens (tertiary/aromatic N) is 1. The SMILES string of the molecule is CCOC(=O)[C@@H]1N[C@@H]2[C@H](I)[C@@H]3C[C@@]4(OC(=O)N(C(=O)[C@@H](CC(C)C)NC(=O)OCc5ccccc5)[C@@H]14)[C@H]2O3. The minimum absolute atomic E-state index is 0.00581. The van der Waals surface area contributed by atoms with Crippen LogP contribution in [0.2, 0.25) is 0 Å². The second-order valence-corrected chi connectivity index (χ2v) is 12.0. The van der Waals surface area contributed by atoms with Crippen LogP contribution in [-0.4, -0.2) is 81.5 Å². The summed E-state index contributed by atoms with van der Waals surface area (Å²) in [7, 11) is 0. The van der Waals surface area contributed by atoms with Crippen LogP contribution in [0.15, 0.2) is 30.3 Å². The minimum Gasteiger partial charge on any atom is -0.465 e. The molecule has 4 saturated heterocycles. The van der Waals surface area contributed by atoms with Crippen LogP contribution < -0.4 is 10.6 Å². The van der Waals surface area contributed by atoms with E-state index in [1.54, 1.807) is 6.92 Å². The monoisotopic (exact) mass is 641 g/mol. The van der Waals surface area contributed by atoms with Crippen LogP contribution in [0.3, 0.4) is 0 Å². The number of imide groups is 1. The summed E-state index contributed by atoms with van der Waals surface area (Å²) in [5, 5.41) is 5.93. The summed E-state index contributed by atoms with van der Waals surface area (Å²) >= 11 is 2.29. The van der Waals surface area contributed by atoms with Crippen molar-refractivity contribution in [1.29, 1.82) is 0 Å². The third kappa shape index (κ3) is 4.64. The molecule has 8 atom stereocenters. The molecule has 5 rings (SSSR count). The maximum atomic E-state index is 14.0. The Labute approximate surface area is 234 Å². The van der Waals surface area contributed by atoms with E-state index >= 15 is 0 Å². The van der Waals surface area contributed by atoms with Crippen molar-refractivity contribution in [2.24, 2.45) is 5.92 Å². The van der Waals surface area contributed by atoms with Gasteiger partial charge in [0.25, 0.3) is 5.91 Å². The van der Waals surface area contributed by atoms with Crippen LogP contribution in [0.4, 0.5) is 9.59 Å². The fourth-order valence-corrected chi connectivity index (χ4v) is 7.09. The predicted molar refractivity (Wildman–Crippen MR) is 141 cm³/mol. The van der Waals surface area contributed by atoms with Gasteiger partial charge in [0.2, 0.25) is 0 Å². The van der Waals surface area contributed by atoms with Crippen LogP contribution in [0.1, 0.15) is 39.2 Å². The molecular formula is C26H32IN3O8. The number of amides is 3. The van der Waals surface area contributed by atoms with Gasteiger partial charge < -0.3 is 24.3 Å². The van der Waals surface area contributed by atoms with Crippen LogP contribution >= 0.6 is 22.6 Å². The van der Waals surface area contributed by atoms with Gasteiger partial charge in [-0.15, -0.1) is 0 Å². The molecule has 38 heavy (non-hydrogen) atoms. The van der Waals surface area contributed by atoms with E-state index in [-0.39, 0.29) is 41.6 Å². The average molecular weight is 641 g/mol. The zero-order chi connectivity index (χ0) is 27.2. The van der Waals surface area contributed by atoms with E-state index in [4.69, 9.17) is 18.9 Å². The number of carbonyl (C=O) groups is 4. The molecule has 0 radical (unpaired) electrons. The van der Waals surface area contributed by atoms with Crippen LogP contribution in [0.25, 0.3) is 0 Å². The number of alkyl carbamates (subject to hydrolysis) is 1. The van der Waals surface area contributed by atoms with Gasteiger partial charge in [-0.2, -0.15) is 0 Å². The molecule has 4 heterocycles. The van der Waals surface area contributed by atoms with E-state index in [1.165, 1.54) is 0 Å². The molecule has 1 aromatic rings. The first-order valence-electron chi connectivity index (χ1n) is 12.9. The molecule has 2 N–H and O–H groups in total. The lowest BCUT2D eigenvalue weighted by atomic mass is 9.70. The third-order valence-electron chi connectivity index (χ3n) is 7.58. The number of nitrogens with one attached hydrogen (secondary N) is 2. The second-order valence-electron chi connectivity index (χ2n) is 10.5. The number of alkyl halides is 1. The molecule has 1 spiro atoms. The first-order chi connectivity index (χ1) is 18.2. The molecule has 0 unspecified atom stereocenters. The smallest absolute Gasteiger partial charge is 0.417 e. The van der Waals surface area contributed by atoms with Gasteiger partial charge in [-0.1, -0.05) is 66.8 Å². The lowest BCUT2D eigenvalue weighted by Gasteiger charge is -2.48. The maximum absolute atomic E-state index is 14.0. The third-order valence-corrected chi connectivity index (χ3v) is 9.15. The van der Waals surface area contributed by atoms with E-state index in [9.17, 15) is 19.2 Å². The number of carbonyl (C=O) groups excluding carboxylic acids is 4. The normalized spacial score (nSPS) is 33.5. The van der Waals surface area contributed by atoms with E-state index in [0.717, 1.165) is 10.5 Å². The predicted octanol–water partition coefficient (Wildman–Crippen LogP) is 2.29. The summed E-state index contributed by atoms with van der Waals surface area (Å²) in [5.74, 6) is -1.22. The minimum atomic E-state index is -1.16. The van der Waals surface area contributed by atoms with E-state index in [1.807, 2.05) is 44.2 Å². The van der Waals surface area contributed by atoms with E-state index < -0.39 is 53.9 Å². The number of esters is 1. The van der Waals surface area contributed by atoms with Crippen LogP contribution in [0.5, 0.6) is 0 Å². The average Bonchev–Trinajstić information content (AvgIpc) is 3.50. The van der Waals surface area contributed by atoms with E-state index in [2.05, 4.69) is 33.2 Å². The number of halogens is 1. The molecule has 1 aromatic carbocycles. The standard InChI is InChI=1S/C26H32IN3O8/c1-4-35-23(32)19-20-26(11-16-17(27)18(29-19)21(26)37-16)38-25(34)30(20)22(31)15(10-13(2)3)28-24(33)36-12-14-8-6-5-7-9-14/h5-9,13,15-21,29H,4,10-12H2,1-3H3,(H,28,33)/t15-,16+,17-,18-,19-,20+,21+,26+/m1/s1. The van der Waals surface area contributed by atoms with Crippen molar-refractivity contribution in [2.45, 2.75) is 86.1 Å². The van der Waals surface area contributed by atoms with Crippen molar-refractivity contribution in [3.8, 4) is 0 Å². The Morgan fingerprint density at radius 2 is 1.97 bits per heavy atom. The highest BCUT2D eigenvalue weighted by molar-refractivity contribution is 14.1. The summed E-state index contributed by atoms with van der Waals surface area (Å²) < 4.78 is 22.8. The number of ether oxygens (including phenoxy) is 4. The summed E-state index contributed by atoms with van der Waals surface area (Å²) in [6.07, 6.45) is -1.69. The quantitative estimate of drug-likeness (QED) is 0.190. The lowest BCUT2D eigenvalue weighted by molar-refractivity contribution is -0.155. The Hall–Kier alpha value is -2.45. The Bertz CT molecular complexity index is 1100. The number of piperidine rings is 1. The fourth-order valence-electron chi connectivity index (χ4n) is 6.08. The zero-order valence-electron chi connectivity index (χ0n) is 21.4.